The second kappa shape index (κ2) is 23.9. The molecule has 4 nitrogen and oxygen atoms in total. The first-order chi connectivity index (χ1) is 15.1. The number of carboxylic acid groups (broad SMARTS) is 1. The van der Waals surface area contributed by atoms with E-state index >= 15 is 0 Å². The molecule has 0 aliphatic heterocycles. The molecular weight excluding hydrogens is 408 g/mol. The minimum atomic E-state index is -0.964. The quantitative estimate of drug-likeness (QED) is 0.116. The number of carbonyl (C=O) groups excluding carboxylic acids is 1. The van der Waals surface area contributed by atoms with E-state index in [2.05, 4.69) is 13.8 Å². The van der Waals surface area contributed by atoms with Crippen LogP contribution in [0.5, 0.6) is 0 Å². The van der Waals surface area contributed by atoms with Gasteiger partial charge in [0, 0.05) is 5.25 Å². The van der Waals surface area contributed by atoms with Crippen LogP contribution in [0.1, 0.15) is 149 Å². The molecule has 1 atom stereocenters. The highest BCUT2D eigenvalue weighted by molar-refractivity contribution is 7.95. The molecule has 0 heterocycles. The summed E-state index contributed by atoms with van der Waals surface area (Å²) in [6, 6.07) is 0. The van der Waals surface area contributed by atoms with Crippen molar-refractivity contribution in [3.63, 3.8) is 0 Å². The molecule has 5 heteroatoms. The summed E-state index contributed by atoms with van der Waals surface area (Å²) in [6.07, 6.45) is 25.7. The Kier molecular flexibility index (Phi) is 23.4. The minimum absolute atomic E-state index is 0.0474. The number of hydrogen-bond donors (Lipinski definition) is 1. The van der Waals surface area contributed by atoms with Gasteiger partial charge in [0.2, 0.25) is 0 Å². The van der Waals surface area contributed by atoms with Crippen LogP contribution in [0.3, 0.4) is 0 Å². The van der Waals surface area contributed by atoms with Crippen LogP contribution in [0, 0.1) is 0 Å². The average molecular weight is 459 g/mol. The van der Waals surface area contributed by atoms with E-state index in [-0.39, 0.29) is 18.1 Å². The van der Waals surface area contributed by atoms with Gasteiger partial charge in [-0.25, -0.2) is 0 Å². The van der Waals surface area contributed by atoms with Crippen LogP contribution in [-0.4, -0.2) is 22.3 Å². The fourth-order valence-electron chi connectivity index (χ4n) is 3.77. The highest BCUT2D eigenvalue weighted by atomic mass is 32.2. The Labute approximate surface area is 196 Å². The lowest BCUT2D eigenvalue weighted by molar-refractivity contribution is -0.141. The van der Waals surface area contributed by atoms with Crippen molar-refractivity contribution in [2.45, 2.75) is 154 Å². The highest BCUT2D eigenvalue weighted by Gasteiger charge is 2.10. The number of hydrogen-bond acceptors (Lipinski definition) is 4. The summed E-state index contributed by atoms with van der Waals surface area (Å²) in [4.78, 5) is 21.8. The average Bonchev–Trinajstić information content (AvgIpc) is 2.75. The number of carboxylic acids is 1. The predicted molar refractivity (Wildman–Crippen MR) is 133 cm³/mol. The summed E-state index contributed by atoms with van der Waals surface area (Å²) in [5.74, 6) is -1.40. The molecule has 0 aromatic heterocycles. The second-order valence-corrected chi connectivity index (χ2v) is 10.2. The van der Waals surface area contributed by atoms with Gasteiger partial charge in [-0.1, -0.05) is 129 Å². The third kappa shape index (κ3) is 25.4. The Balaban J connectivity index is 3.21. The van der Waals surface area contributed by atoms with Crippen LogP contribution in [0.4, 0.5) is 0 Å². The zero-order valence-electron chi connectivity index (χ0n) is 20.5. The molecule has 0 bridgehead atoms. The van der Waals surface area contributed by atoms with Crippen molar-refractivity contribution < 1.29 is 18.9 Å². The van der Waals surface area contributed by atoms with Gasteiger partial charge in [0.05, 0.1) is 24.9 Å². The minimum Gasteiger partial charge on any atom is -0.481 e. The third-order valence-electron chi connectivity index (χ3n) is 5.81. The molecule has 0 amide bonds. The molecule has 0 radical (unpaired) electrons. The molecule has 0 aromatic carbocycles. The Morgan fingerprint density at radius 3 is 1.45 bits per heavy atom. The summed E-state index contributed by atoms with van der Waals surface area (Å²) >= 11 is 1.18. The maximum Gasteiger partial charge on any atom is 0.318 e. The van der Waals surface area contributed by atoms with Gasteiger partial charge in [-0.05, 0) is 6.42 Å². The molecule has 0 fully saturated rings. The summed E-state index contributed by atoms with van der Waals surface area (Å²) in [5, 5.41) is 8.82. The largest absolute Gasteiger partial charge is 0.481 e. The Morgan fingerprint density at radius 1 is 0.677 bits per heavy atom. The monoisotopic (exact) mass is 458 g/mol. The Hall–Kier alpha value is -0.710. The van der Waals surface area contributed by atoms with Crippen LogP contribution >= 0.6 is 12.0 Å². The van der Waals surface area contributed by atoms with Crippen LogP contribution < -0.4 is 0 Å². The lowest BCUT2D eigenvalue weighted by Crippen LogP contribution is -2.06. The van der Waals surface area contributed by atoms with Gasteiger partial charge >= 0.3 is 11.9 Å². The van der Waals surface area contributed by atoms with E-state index in [0.29, 0.717) is 0 Å². The van der Waals surface area contributed by atoms with Crippen LogP contribution in [-0.2, 0) is 13.8 Å². The first-order valence-corrected chi connectivity index (χ1v) is 13.9. The molecule has 0 aliphatic rings. The number of carbonyl (C=O) groups is 2. The lowest BCUT2D eigenvalue weighted by Gasteiger charge is -2.10. The number of aliphatic carboxylic acids is 1. The molecule has 0 saturated heterocycles. The van der Waals surface area contributed by atoms with E-state index < -0.39 is 11.9 Å². The molecular formula is C26H50O4S. The van der Waals surface area contributed by atoms with Crippen LogP contribution in [0.2, 0.25) is 0 Å². The standard InChI is InChI=1S/C26H50O4S/c1-3-4-5-6-7-8-9-10-11-12-13-14-15-16-17-18-19-20-21-24(2)31-30-26(29)23-22-25(27)28/h24H,3-23H2,1-2H3,(H,27,28). The molecule has 0 spiro atoms. The molecule has 0 rings (SSSR count). The van der Waals surface area contributed by atoms with Crippen LogP contribution in [0.25, 0.3) is 0 Å². The SMILES string of the molecule is CCCCCCCCCCCCCCCCCCCCC(C)SOC(=O)CCC(=O)O. The van der Waals surface area contributed by atoms with E-state index in [1.807, 2.05) is 0 Å². The maximum atomic E-state index is 11.4. The first kappa shape index (κ1) is 30.3. The van der Waals surface area contributed by atoms with E-state index in [1.54, 1.807) is 0 Å². The van der Waals surface area contributed by atoms with Crippen LogP contribution in [0.15, 0.2) is 0 Å². The van der Waals surface area contributed by atoms with Gasteiger partial charge in [0.1, 0.15) is 0 Å². The molecule has 184 valence electrons. The molecule has 31 heavy (non-hydrogen) atoms. The van der Waals surface area contributed by atoms with Gasteiger partial charge in [-0.2, -0.15) is 0 Å². The predicted octanol–water partition coefficient (Wildman–Crippen LogP) is 8.86. The first-order valence-electron chi connectivity index (χ1n) is 13.1. The fraction of sp³-hybridized carbons (Fsp3) is 0.923. The van der Waals surface area contributed by atoms with E-state index in [9.17, 15) is 9.59 Å². The van der Waals surface area contributed by atoms with Crippen molar-refractivity contribution in [1.29, 1.82) is 0 Å². The lowest BCUT2D eigenvalue weighted by atomic mass is 10.0. The molecule has 0 aromatic rings. The summed E-state index contributed by atoms with van der Waals surface area (Å²) in [5.41, 5.74) is 0. The van der Waals surface area contributed by atoms with Gasteiger partial charge in [-0.15, -0.1) is 0 Å². The Morgan fingerprint density at radius 2 is 1.06 bits per heavy atom. The number of rotatable bonds is 24. The van der Waals surface area contributed by atoms with Crippen molar-refractivity contribution >= 4 is 24.0 Å². The van der Waals surface area contributed by atoms with Crippen molar-refractivity contribution in [2.75, 3.05) is 0 Å². The summed E-state index contributed by atoms with van der Waals surface area (Å²) in [6.45, 7) is 4.34. The normalized spacial score (nSPS) is 12.1. The maximum absolute atomic E-state index is 11.4. The second-order valence-electron chi connectivity index (χ2n) is 9.06. The van der Waals surface area contributed by atoms with Crippen molar-refractivity contribution in [1.82, 2.24) is 0 Å². The Bertz CT molecular complexity index is 414. The van der Waals surface area contributed by atoms with Gasteiger partial charge < -0.3 is 9.29 Å². The van der Waals surface area contributed by atoms with E-state index in [4.69, 9.17) is 9.29 Å². The third-order valence-corrected chi connectivity index (χ3v) is 6.66. The topological polar surface area (TPSA) is 63.6 Å². The van der Waals surface area contributed by atoms with Gasteiger partial charge in [-0.3, -0.25) is 9.59 Å². The van der Waals surface area contributed by atoms with Crippen molar-refractivity contribution in [3.05, 3.63) is 0 Å². The molecule has 1 unspecified atom stereocenters. The van der Waals surface area contributed by atoms with E-state index in [1.165, 1.54) is 128 Å². The zero-order chi connectivity index (χ0) is 23.0. The zero-order valence-corrected chi connectivity index (χ0v) is 21.3. The van der Waals surface area contributed by atoms with Gasteiger partial charge in [0.15, 0.2) is 0 Å². The molecule has 1 N–H and O–H groups in total. The number of unbranched alkanes of at least 4 members (excludes halogenated alkanes) is 17. The highest BCUT2D eigenvalue weighted by Crippen LogP contribution is 2.20. The van der Waals surface area contributed by atoms with Crippen molar-refractivity contribution in [2.24, 2.45) is 0 Å². The fourth-order valence-corrected chi connectivity index (χ4v) is 4.39. The van der Waals surface area contributed by atoms with Gasteiger partial charge in [0.25, 0.3) is 0 Å². The smallest absolute Gasteiger partial charge is 0.318 e. The summed E-state index contributed by atoms with van der Waals surface area (Å²) in [7, 11) is 0. The summed E-state index contributed by atoms with van der Waals surface area (Å²) < 4.78 is 5.06. The van der Waals surface area contributed by atoms with E-state index in [0.717, 1.165) is 6.42 Å². The molecule has 0 saturated carbocycles. The van der Waals surface area contributed by atoms with Crippen molar-refractivity contribution in [3.8, 4) is 0 Å². The molecule has 0 aliphatic carbocycles.